The van der Waals surface area contributed by atoms with Crippen LogP contribution in [-0.4, -0.2) is 17.1 Å². The molecular formula is C10H9F4NO2. The molecule has 0 saturated carbocycles. The Hall–Kier alpha value is -1.63. The summed E-state index contributed by atoms with van der Waals surface area (Å²) in [4.78, 5) is 10.5. The van der Waals surface area contributed by atoms with Gasteiger partial charge in [0.15, 0.2) is 0 Å². The number of nitrogens with two attached hydrogens (primary N) is 1. The van der Waals surface area contributed by atoms with Gasteiger partial charge in [0, 0.05) is 0 Å². The summed E-state index contributed by atoms with van der Waals surface area (Å²) >= 11 is 0. The lowest BCUT2D eigenvalue weighted by Gasteiger charge is -2.14. The second-order valence-corrected chi connectivity index (χ2v) is 3.45. The molecule has 1 aromatic carbocycles. The quantitative estimate of drug-likeness (QED) is 0.805. The predicted molar refractivity (Wildman–Crippen MR) is 50.7 cm³/mol. The number of rotatable bonds is 3. The molecule has 0 aliphatic rings. The Kier molecular flexibility index (Phi) is 3.72. The van der Waals surface area contributed by atoms with Gasteiger partial charge in [-0.25, -0.2) is 4.39 Å². The van der Waals surface area contributed by atoms with Crippen molar-refractivity contribution in [2.24, 2.45) is 5.73 Å². The van der Waals surface area contributed by atoms with Crippen LogP contribution in [0, 0.1) is 5.82 Å². The van der Waals surface area contributed by atoms with E-state index in [2.05, 4.69) is 0 Å². The van der Waals surface area contributed by atoms with Crippen molar-refractivity contribution >= 4 is 5.97 Å². The van der Waals surface area contributed by atoms with Gasteiger partial charge in [0.25, 0.3) is 0 Å². The zero-order chi connectivity index (χ0) is 13.2. The number of benzene rings is 1. The molecule has 0 unspecified atom stereocenters. The number of carbonyl (C=O) groups is 1. The molecule has 0 saturated heterocycles. The van der Waals surface area contributed by atoms with Crippen molar-refractivity contribution in [3.63, 3.8) is 0 Å². The molecule has 0 spiro atoms. The Morgan fingerprint density at radius 2 is 2.00 bits per heavy atom. The van der Waals surface area contributed by atoms with E-state index in [1.54, 1.807) is 0 Å². The first-order valence-corrected chi connectivity index (χ1v) is 4.56. The van der Waals surface area contributed by atoms with Crippen molar-refractivity contribution in [2.75, 3.05) is 0 Å². The Morgan fingerprint density at radius 1 is 1.41 bits per heavy atom. The van der Waals surface area contributed by atoms with Gasteiger partial charge in [0.05, 0.1) is 5.56 Å². The van der Waals surface area contributed by atoms with Crippen LogP contribution in [-0.2, 0) is 17.4 Å². The Morgan fingerprint density at radius 3 is 2.47 bits per heavy atom. The number of hydrogen-bond acceptors (Lipinski definition) is 2. The largest absolute Gasteiger partial charge is 0.480 e. The van der Waals surface area contributed by atoms with Gasteiger partial charge >= 0.3 is 12.1 Å². The highest BCUT2D eigenvalue weighted by Crippen LogP contribution is 2.32. The maximum absolute atomic E-state index is 12.7. The van der Waals surface area contributed by atoms with Gasteiger partial charge in [-0.2, -0.15) is 13.2 Å². The fourth-order valence-corrected chi connectivity index (χ4v) is 1.31. The van der Waals surface area contributed by atoms with Crippen LogP contribution in [0.15, 0.2) is 18.2 Å². The van der Waals surface area contributed by atoms with E-state index < -0.39 is 36.0 Å². The molecule has 3 N–H and O–H groups in total. The van der Waals surface area contributed by atoms with Crippen molar-refractivity contribution < 1.29 is 27.5 Å². The zero-order valence-corrected chi connectivity index (χ0v) is 8.46. The van der Waals surface area contributed by atoms with E-state index in [0.717, 1.165) is 12.1 Å². The van der Waals surface area contributed by atoms with Gasteiger partial charge in [-0.05, 0) is 24.1 Å². The summed E-state index contributed by atoms with van der Waals surface area (Å²) in [5.74, 6) is -2.45. The molecule has 94 valence electrons. The number of carboxylic acid groups (broad SMARTS) is 1. The summed E-state index contributed by atoms with van der Waals surface area (Å²) in [5.41, 5.74) is 3.60. The first-order chi connectivity index (χ1) is 7.71. The summed E-state index contributed by atoms with van der Waals surface area (Å²) in [7, 11) is 0. The van der Waals surface area contributed by atoms with Crippen molar-refractivity contribution in [1.82, 2.24) is 0 Å². The standard InChI is InChI=1S/C10H9F4NO2/c11-6-2-1-5(3-8(15)9(16)17)7(4-6)10(12,13)14/h1-2,4,8H,3,15H2,(H,16,17)/t8-/m1/s1. The fraction of sp³-hybridized carbons (Fsp3) is 0.300. The van der Waals surface area contributed by atoms with Crippen LogP contribution in [0.3, 0.4) is 0 Å². The molecule has 0 heterocycles. The number of carboxylic acids is 1. The third kappa shape index (κ3) is 3.42. The van der Waals surface area contributed by atoms with Gasteiger partial charge < -0.3 is 10.8 Å². The number of halogens is 4. The van der Waals surface area contributed by atoms with Crippen LogP contribution in [0.5, 0.6) is 0 Å². The molecule has 0 amide bonds. The van der Waals surface area contributed by atoms with Crippen molar-refractivity contribution in [2.45, 2.75) is 18.6 Å². The molecule has 0 aromatic heterocycles. The SMILES string of the molecule is N[C@H](Cc1ccc(F)cc1C(F)(F)F)C(=O)O. The number of aliphatic carboxylic acids is 1. The van der Waals surface area contributed by atoms with Gasteiger partial charge in [-0.3, -0.25) is 4.79 Å². The molecule has 0 bridgehead atoms. The first kappa shape index (κ1) is 13.4. The molecule has 17 heavy (non-hydrogen) atoms. The van der Waals surface area contributed by atoms with Crippen molar-refractivity contribution in [1.29, 1.82) is 0 Å². The molecule has 1 aromatic rings. The Labute approximate surface area is 93.8 Å². The lowest BCUT2D eigenvalue weighted by molar-refractivity contribution is -0.141. The highest BCUT2D eigenvalue weighted by atomic mass is 19.4. The van der Waals surface area contributed by atoms with Gasteiger partial charge in [0.2, 0.25) is 0 Å². The fourth-order valence-electron chi connectivity index (χ4n) is 1.31. The van der Waals surface area contributed by atoms with E-state index in [9.17, 15) is 22.4 Å². The Balaban J connectivity index is 3.11. The van der Waals surface area contributed by atoms with E-state index in [1.807, 2.05) is 0 Å². The topological polar surface area (TPSA) is 63.3 Å². The summed E-state index contributed by atoms with van der Waals surface area (Å²) in [6.07, 6.45) is -5.25. The molecule has 3 nitrogen and oxygen atoms in total. The summed E-state index contributed by atoms with van der Waals surface area (Å²) in [6, 6.07) is 0.589. The lowest BCUT2D eigenvalue weighted by atomic mass is 10.00. The highest BCUT2D eigenvalue weighted by Gasteiger charge is 2.34. The molecule has 0 radical (unpaired) electrons. The molecule has 1 rings (SSSR count). The predicted octanol–water partition coefficient (Wildman–Crippen LogP) is 1.80. The second kappa shape index (κ2) is 4.70. The molecular weight excluding hydrogens is 242 g/mol. The minimum Gasteiger partial charge on any atom is -0.480 e. The first-order valence-electron chi connectivity index (χ1n) is 4.56. The highest BCUT2D eigenvalue weighted by molar-refractivity contribution is 5.73. The van der Waals surface area contributed by atoms with E-state index in [0.29, 0.717) is 6.07 Å². The average Bonchev–Trinajstić information content (AvgIpc) is 2.18. The van der Waals surface area contributed by atoms with E-state index in [-0.39, 0.29) is 5.56 Å². The Bertz CT molecular complexity index is 431. The number of hydrogen-bond donors (Lipinski definition) is 2. The normalized spacial score (nSPS) is 13.5. The van der Waals surface area contributed by atoms with E-state index >= 15 is 0 Å². The van der Waals surface area contributed by atoms with Crippen molar-refractivity contribution in [3.05, 3.63) is 35.1 Å². The lowest BCUT2D eigenvalue weighted by Crippen LogP contribution is -2.33. The van der Waals surface area contributed by atoms with Gasteiger partial charge in [0.1, 0.15) is 11.9 Å². The van der Waals surface area contributed by atoms with Crippen LogP contribution >= 0.6 is 0 Å². The van der Waals surface area contributed by atoms with E-state index in [4.69, 9.17) is 10.8 Å². The van der Waals surface area contributed by atoms with Crippen LogP contribution in [0.1, 0.15) is 11.1 Å². The van der Waals surface area contributed by atoms with E-state index in [1.165, 1.54) is 0 Å². The second-order valence-electron chi connectivity index (χ2n) is 3.45. The molecule has 7 heteroatoms. The minimum atomic E-state index is -4.74. The molecule has 1 atom stereocenters. The van der Waals surface area contributed by atoms with Crippen molar-refractivity contribution in [3.8, 4) is 0 Å². The van der Waals surface area contributed by atoms with Gasteiger partial charge in [-0.15, -0.1) is 0 Å². The molecule has 0 fully saturated rings. The maximum Gasteiger partial charge on any atom is 0.416 e. The average molecular weight is 251 g/mol. The van der Waals surface area contributed by atoms with Crippen LogP contribution in [0.2, 0.25) is 0 Å². The summed E-state index contributed by atoms with van der Waals surface area (Å²) in [5, 5.41) is 8.51. The minimum absolute atomic E-state index is 0.323. The van der Waals surface area contributed by atoms with Crippen LogP contribution in [0.25, 0.3) is 0 Å². The monoisotopic (exact) mass is 251 g/mol. The summed E-state index contributed by atoms with van der Waals surface area (Å²) in [6.45, 7) is 0. The van der Waals surface area contributed by atoms with Crippen LogP contribution < -0.4 is 5.73 Å². The zero-order valence-electron chi connectivity index (χ0n) is 8.46. The van der Waals surface area contributed by atoms with Gasteiger partial charge in [-0.1, -0.05) is 6.07 Å². The molecule has 0 aliphatic carbocycles. The third-order valence-electron chi connectivity index (χ3n) is 2.13. The maximum atomic E-state index is 12.7. The summed E-state index contributed by atoms with van der Waals surface area (Å²) < 4.78 is 50.3. The molecule has 0 aliphatic heterocycles. The smallest absolute Gasteiger partial charge is 0.416 e. The van der Waals surface area contributed by atoms with Crippen LogP contribution in [0.4, 0.5) is 17.6 Å². The number of alkyl halides is 3. The third-order valence-corrected chi connectivity index (χ3v) is 2.13.